The molecule has 1 saturated heterocycles. The van der Waals surface area contributed by atoms with Crippen LogP contribution in [0, 0.1) is 0 Å². The number of aliphatic hydroxyl groups excluding tert-OH is 1. The third-order valence-electron chi connectivity index (χ3n) is 4.28. The smallest absolute Gasteiger partial charge is 0.290 e. The van der Waals surface area contributed by atoms with Crippen molar-refractivity contribution in [3.05, 3.63) is 48.2 Å². The number of hydrogen-bond acceptors (Lipinski definition) is 5. The average molecular weight is 330 g/mol. The van der Waals surface area contributed by atoms with Crippen LogP contribution in [0.15, 0.2) is 46.9 Å². The maximum Gasteiger partial charge on any atom is 0.290 e. The zero-order valence-electron chi connectivity index (χ0n) is 13.7. The van der Waals surface area contributed by atoms with Crippen LogP contribution >= 0.6 is 0 Å². The molecule has 1 aliphatic heterocycles. The van der Waals surface area contributed by atoms with Gasteiger partial charge in [-0.15, -0.1) is 0 Å². The standard InChI is InChI=1S/C18H22N2O4/c1-19-10-11-20(13-14(19)9-12-21)18(22)16-7-8-17(24-16)23-15-5-3-2-4-6-15/h2-8,14,21H,9-13H2,1H3/t14-/m1/s1. The van der Waals surface area contributed by atoms with E-state index in [4.69, 9.17) is 14.3 Å². The van der Waals surface area contributed by atoms with Crippen LogP contribution in [0.1, 0.15) is 17.0 Å². The highest BCUT2D eigenvalue weighted by atomic mass is 16.6. The van der Waals surface area contributed by atoms with Crippen molar-refractivity contribution in [3.8, 4) is 11.7 Å². The number of likely N-dealkylation sites (N-methyl/N-ethyl adjacent to an activating group) is 1. The second-order valence-electron chi connectivity index (χ2n) is 5.93. The highest BCUT2D eigenvalue weighted by Crippen LogP contribution is 2.24. The van der Waals surface area contributed by atoms with Crippen molar-refractivity contribution < 1.29 is 19.1 Å². The lowest BCUT2D eigenvalue weighted by Crippen LogP contribution is -2.53. The van der Waals surface area contributed by atoms with Crippen LogP contribution in [0.4, 0.5) is 0 Å². The van der Waals surface area contributed by atoms with Crippen molar-refractivity contribution in [2.75, 3.05) is 33.3 Å². The van der Waals surface area contributed by atoms with Gasteiger partial charge in [0.05, 0.1) is 0 Å². The van der Waals surface area contributed by atoms with Crippen molar-refractivity contribution in [2.45, 2.75) is 12.5 Å². The van der Waals surface area contributed by atoms with Crippen LogP contribution in [0.5, 0.6) is 11.7 Å². The first kappa shape index (κ1) is 16.5. The van der Waals surface area contributed by atoms with E-state index in [1.54, 1.807) is 17.0 Å². The molecule has 1 N–H and O–H groups in total. The third kappa shape index (κ3) is 3.77. The van der Waals surface area contributed by atoms with Crippen LogP contribution in [-0.2, 0) is 0 Å². The summed E-state index contributed by atoms with van der Waals surface area (Å²) < 4.78 is 11.1. The summed E-state index contributed by atoms with van der Waals surface area (Å²) in [6, 6.07) is 12.8. The van der Waals surface area contributed by atoms with Crippen LogP contribution in [0.3, 0.4) is 0 Å². The number of benzene rings is 1. The van der Waals surface area contributed by atoms with E-state index >= 15 is 0 Å². The van der Waals surface area contributed by atoms with E-state index in [9.17, 15) is 4.79 Å². The third-order valence-corrected chi connectivity index (χ3v) is 4.28. The number of carbonyl (C=O) groups excluding carboxylic acids is 1. The lowest BCUT2D eigenvalue weighted by Gasteiger charge is -2.38. The Hall–Kier alpha value is -2.31. The first-order valence-electron chi connectivity index (χ1n) is 8.10. The fourth-order valence-electron chi connectivity index (χ4n) is 2.84. The molecule has 1 aromatic heterocycles. The molecule has 2 aromatic rings. The summed E-state index contributed by atoms with van der Waals surface area (Å²) in [7, 11) is 2.01. The van der Waals surface area contributed by atoms with Crippen LogP contribution < -0.4 is 4.74 Å². The van der Waals surface area contributed by atoms with E-state index in [1.807, 2.05) is 37.4 Å². The van der Waals surface area contributed by atoms with Gasteiger partial charge in [0.25, 0.3) is 11.9 Å². The number of rotatable bonds is 5. The molecule has 0 radical (unpaired) electrons. The molecule has 1 fully saturated rings. The topological polar surface area (TPSA) is 66.2 Å². The monoisotopic (exact) mass is 330 g/mol. The van der Waals surface area contributed by atoms with Crippen molar-refractivity contribution >= 4 is 5.91 Å². The molecule has 1 atom stereocenters. The fraction of sp³-hybridized carbons (Fsp3) is 0.389. The summed E-state index contributed by atoms with van der Waals surface area (Å²) in [6.45, 7) is 2.13. The van der Waals surface area contributed by atoms with E-state index in [0.717, 1.165) is 6.54 Å². The van der Waals surface area contributed by atoms with Crippen LogP contribution in [-0.4, -0.2) is 60.1 Å². The van der Waals surface area contributed by atoms with Gasteiger partial charge in [-0.2, -0.15) is 0 Å². The molecule has 0 spiro atoms. The minimum absolute atomic E-state index is 0.118. The Morgan fingerprint density at radius 3 is 2.79 bits per heavy atom. The van der Waals surface area contributed by atoms with E-state index in [2.05, 4.69) is 4.90 Å². The Labute approximate surface area is 141 Å². The van der Waals surface area contributed by atoms with E-state index in [-0.39, 0.29) is 24.3 Å². The number of ether oxygens (including phenoxy) is 1. The summed E-state index contributed by atoms with van der Waals surface area (Å²) >= 11 is 0. The van der Waals surface area contributed by atoms with Crippen molar-refractivity contribution in [1.29, 1.82) is 0 Å². The number of para-hydroxylation sites is 1. The predicted octanol–water partition coefficient (Wildman–Crippen LogP) is 2.21. The molecule has 128 valence electrons. The highest BCUT2D eigenvalue weighted by Gasteiger charge is 2.29. The molecule has 1 aromatic carbocycles. The zero-order chi connectivity index (χ0) is 16.9. The molecular weight excluding hydrogens is 308 g/mol. The lowest BCUT2D eigenvalue weighted by molar-refractivity contribution is 0.0470. The van der Waals surface area contributed by atoms with Gasteiger partial charge in [0.15, 0.2) is 5.76 Å². The predicted molar refractivity (Wildman–Crippen MR) is 89.2 cm³/mol. The van der Waals surface area contributed by atoms with Crippen molar-refractivity contribution in [2.24, 2.45) is 0 Å². The highest BCUT2D eigenvalue weighted by molar-refractivity contribution is 5.91. The van der Waals surface area contributed by atoms with Crippen molar-refractivity contribution in [1.82, 2.24) is 9.80 Å². The molecule has 0 aliphatic carbocycles. The summed E-state index contributed by atoms with van der Waals surface area (Å²) in [5.74, 6) is 1.08. The summed E-state index contributed by atoms with van der Waals surface area (Å²) in [6.07, 6.45) is 0.654. The van der Waals surface area contributed by atoms with Gasteiger partial charge in [0.1, 0.15) is 5.75 Å². The molecule has 1 amide bonds. The zero-order valence-corrected chi connectivity index (χ0v) is 13.7. The van der Waals surface area contributed by atoms with E-state index < -0.39 is 0 Å². The molecule has 0 saturated carbocycles. The minimum atomic E-state index is -0.144. The number of nitrogens with zero attached hydrogens (tertiary/aromatic N) is 2. The fourth-order valence-corrected chi connectivity index (χ4v) is 2.84. The maximum atomic E-state index is 12.6. The molecule has 2 heterocycles. The molecule has 3 rings (SSSR count). The van der Waals surface area contributed by atoms with E-state index in [1.165, 1.54) is 0 Å². The number of amides is 1. The van der Waals surface area contributed by atoms with Gasteiger partial charge < -0.3 is 19.2 Å². The summed E-state index contributed by atoms with van der Waals surface area (Å²) in [5, 5.41) is 9.16. The van der Waals surface area contributed by atoms with Gasteiger partial charge in [0, 0.05) is 38.3 Å². The molecule has 0 unspecified atom stereocenters. The Balaban J connectivity index is 1.65. The molecule has 24 heavy (non-hydrogen) atoms. The molecular formula is C18H22N2O4. The molecule has 0 bridgehead atoms. The molecule has 1 aliphatic rings. The number of carbonyl (C=O) groups is 1. The Kier molecular flexibility index (Phi) is 5.17. The lowest BCUT2D eigenvalue weighted by atomic mass is 10.1. The quantitative estimate of drug-likeness (QED) is 0.910. The number of aliphatic hydroxyl groups is 1. The number of hydrogen-bond donors (Lipinski definition) is 1. The Morgan fingerprint density at radius 1 is 1.25 bits per heavy atom. The average Bonchev–Trinajstić information content (AvgIpc) is 3.06. The van der Waals surface area contributed by atoms with Gasteiger partial charge >= 0.3 is 0 Å². The summed E-state index contributed by atoms with van der Waals surface area (Å²) in [4.78, 5) is 16.6. The van der Waals surface area contributed by atoms with Crippen LogP contribution in [0.25, 0.3) is 0 Å². The normalized spacial score (nSPS) is 18.6. The van der Waals surface area contributed by atoms with Crippen LogP contribution in [0.2, 0.25) is 0 Å². The Bertz CT molecular complexity index is 671. The number of piperazine rings is 1. The summed E-state index contributed by atoms with van der Waals surface area (Å²) in [5.41, 5.74) is 0. The van der Waals surface area contributed by atoms with Gasteiger partial charge in [-0.25, -0.2) is 0 Å². The number of furan rings is 1. The second-order valence-corrected chi connectivity index (χ2v) is 5.93. The SMILES string of the molecule is CN1CCN(C(=O)c2ccc(Oc3ccccc3)o2)C[C@H]1CCO. The maximum absolute atomic E-state index is 12.6. The van der Waals surface area contributed by atoms with Gasteiger partial charge in [0.2, 0.25) is 0 Å². The first-order chi connectivity index (χ1) is 11.7. The molecule has 6 nitrogen and oxygen atoms in total. The second kappa shape index (κ2) is 7.51. The van der Waals surface area contributed by atoms with Crippen molar-refractivity contribution in [3.63, 3.8) is 0 Å². The van der Waals surface area contributed by atoms with Gasteiger partial charge in [-0.05, 0) is 31.7 Å². The van der Waals surface area contributed by atoms with E-state index in [0.29, 0.717) is 31.2 Å². The molecule has 6 heteroatoms. The minimum Gasteiger partial charge on any atom is -0.426 e. The first-order valence-corrected chi connectivity index (χ1v) is 8.10. The van der Waals surface area contributed by atoms with Gasteiger partial charge in [-0.1, -0.05) is 18.2 Å². The Morgan fingerprint density at radius 2 is 2.04 bits per heavy atom. The van der Waals surface area contributed by atoms with Gasteiger partial charge in [-0.3, -0.25) is 9.69 Å². The largest absolute Gasteiger partial charge is 0.426 e.